The van der Waals surface area contributed by atoms with Crippen molar-refractivity contribution >= 4 is 6.29 Å². The molecule has 0 spiro atoms. The lowest BCUT2D eigenvalue weighted by atomic mass is 10.2. The molecule has 1 aliphatic rings. The Morgan fingerprint density at radius 3 is 1.67 bits per heavy atom. The van der Waals surface area contributed by atoms with E-state index in [4.69, 9.17) is 4.79 Å². The second kappa shape index (κ2) is 11.7. The fourth-order valence-electron chi connectivity index (χ4n) is 1.34. The summed E-state index contributed by atoms with van der Waals surface area (Å²) in [5.41, 5.74) is 0. The van der Waals surface area contributed by atoms with Crippen LogP contribution in [0.25, 0.3) is 0 Å². The lowest BCUT2D eigenvalue weighted by Crippen LogP contribution is -2.47. The Labute approximate surface area is 95.4 Å². The van der Waals surface area contributed by atoms with Crippen LogP contribution in [-0.4, -0.2) is 55.4 Å². The van der Waals surface area contributed by atoms with Gasteiger partial charge in [-0.25, -0.2) is 0 Å². The molecule has 0 aliphatic carbocycles. The summed E-state index contributed by atoms with van der Waals surface area (Å²) in [5.74, 6) is 0. The van der Waals surface area contributed by atoms with Crippen LogP contribution in [0.1, 0.15) is 34.6 Å². The van der Waals surface area contributed by atoms with Gasteiger partial charge in [-0.1, -0.05) is 13.8 Å². The van der Waals surface area contributed by atoms with Gasteiger partial charge in [0.1, 0.15) is 6.29 Å². The first-order valence-corrected chi connectivity index (χ1v) is 5.94. The van der Waals surface area contributed by atoms with E-state index in [1.54, 1.807) is 0 Å². The Bertz CT molecular complexity index is 130. The molecule has 1 rings (SSSR count). The summed E-state index contributed by atoms with van der Waals surface area (Å²) >= 11 is 0. The fraction of sp³-hybridized carbons (Fsp3) is 0.917. The molecule has 15 heavy (non-hydrogen) atoms. The molecule has 1 heterocycles. The molecule has 0 amide bonds. The summed E-state index contributed by atoms with van der Waals surface area (Å²) in [6, 6.07) is 0.730. The molecule has 3 nitrogen and oxygen atoms in total. The Kier molecular flexibility index (Phi) is 13.2. The maximum atomic E-state index is 8.81. The van der Waals surface area contributed by atoms with Crippen LogP contribution in [0, 0.1) is 0 Å². The minimum absolute atomic E-state index is 0.730. The fourth-order valence-corrected chi connectivity index (χ4v) is 1.34. The van der Waals surface area contributed by atoms with Crippen LogP contribution in [0.15, 0.2) is 0 Å². The molecule has 0 radical (unpaired) electrons. The summed E-state index contributed by atoms with van der Waals surface area (Å²) in [6.45, 7) is 14.9. The molecule has 3 heteroatoms. The molecule has 1 saturated heterocycles. The van der Waals surface area contributed by atoms with E-state index in [-0.39, 0.29) is 0 Å². The zero-order valence-electron chi connectivity index (χ0n) is 11.3. The first kappa shape index (κ1) is 17.0. The molecule has 0 bridgehead atoms. The zero-order valence-corrected chi connectivity index (χ0v) is 11.3. The van der Waals surface area contributed by atoms with E-state index in [2.05, 4.69) is 30.7 Å². The summed E-state index contributed by atoms with van der Waals surface area (Å²) in [4.78, 5) is 13.7. The van der Waals surface area contributed by atoms with Gasteiger partial charge in [0.15, 0.2) is 0 Å². The highest BCUT2D eigenvalue weighted by molar-refractivity contribution is 5.44. The quantitative estimate of drug-likeness (QED) is 0.625. The van der Waals surface area contributed by atoms with Crippen LogP contribution in [0.5, 0.6) is 0 Å². The zero-order chi connectivity index (χ0) is 12.3. The Morgan fingerprint density at radius 2 is 1.40 bits per heavy atom. The second-order valence-electron chi connectivity index (χ2n) is 3.67. The molecule has 0 saturated carbocycles. The number of hydrogen-bond acceptors (Lipinski definition) is 3. The van der Waals surface area contributed by atoms with Crippen LogP contribution in [0.2, 0.25) is 0 Å². The molecular weight excluding hydrogens is 188 g/mol. The van der Waals surface area contributed by atoms with Gasteiger partial charge in [-0.2, -0.15) is 0 Å². The van der Waals surface area contributed by atoms with E-state index in [0.717, 1.165) is 12.3 Å². The third-order valence-corrected chi connectivity index (χ3v) is 2.27. The highest BCUT2D eigenvalue weighted by atomic mass is 16.1. The average molecular weight is 216 g/mol. The predicted octanol–water partition coefficient (Wildman–Crippen LogP) is 1.87. The number of piperazine rings is 1. The number of carbonyl (C=O) groups is 1. The van der Waals surface area contributed by atoms with E-state index in [9.17, 15) is 0 Å². The van der Waals surface area contributed by atoms with Crippen molar-refractivity contribution in [2.45, 2.75) is 40.7 Å². The summed E-state index contributed by atoms with van der Waals surface area (Å²) in [7, 11) is 2.19. The number of likely N-dealkylation sites (N-methyl/N-ethyl adjacent to an activating group) is 1. The van der Waals surface area contributed by atoms with Gasteiger partial charge in [0.2, 0.25) is 0 Å². The minimum Gasteiger partial charge on any atom is -0.304 e. The molecule has 92 valence electrons. The third-order valence-electron chi connectivity index (χ3n) is 2.27. The Hall–Kier alpha value is -0.410. The minimum atomic E-state index is 0.730. The third kappa shape index (κ3) is 9.88. The molecular formula is C12H28N2O. The lowest BCUT2D eigenvalue weighted by Gasteiger charge is -2.34. The number of carbonyl (C=O) groups excluding carboxylic acids is 1. The highest BCUT2D eigenvalue weighted by Crippen LogP contribution is 2.02. The van der Waals surface area contributed by atoms with E-state index < -0.39 is 0 Å². The second-order valence-corrected chi connectivity index (χ2v) is 3.67. The first-order chi connectivity index (χ1) is 7.11. The van der Waals surface area contributed by atoms with E-state index in [0.29, 0.717) is 0 Å². The predicted molar refractivity (Wildman–Crippen MR) is 67.3 cm³/mol. The normalized spacial score (nSPS) is 17.3. The number of nitrogens with zero attached hydrogens (tertiary/aromatic N) is 2. The van der Waals surface area contributed by atoms with Gasteiger partial charge in [0, 0.05) is 32.2 Å². The molecule has 0 atom stereocenters. The van der Waals surface area contributed by atoms with Gasteiger partial charge < -0.3 is 9.69 Å². The summed E-state index contributed by atoms with van der Waals surface area (Å²) in [5, 5.41) is 0. The molecule has 0 N–H and O–H groups in total. The monoisotopic (exact) mass is 216 g/mol. The van der Waals surface area contributed by atoms with E-state index in [1.807, 2.05) is 13.8 Å². The van der Waals surface area contributed by atoms with E-state index in [1.165, 1.54) is 33.1 Å². The van der Waals surface area contributed by atoms with Gasteiger partial charge in [-0.3, -0.25) is 4.90 Å². The Balaban J connectivity index is 0. The van der Waals surface area contributed by atoms with Crippen molar-refractivity contribution in [3.05, 3.63) is 0 Å². The number of rotatable bonds is 1. The highest BCUT2D eigenvalue weighted by Gasteiger charge is 2.15. The van der Waals surface area contributed by atoms with Crippen molar-refractivity contribution in [3.8, 4) is 0 Å². The molecule has 0 aromatic carbocycles. The molecule has 1 aliphatic heterocycles. The molecule has 0 aromatic heterocycles. The number of aldehydes is 1. The van der Waals surface area contributed by atoms with Crippen LogP contribution < -0.4 is 0 Å². The SMILES string of the molecule is CC.CC(C)N1CCN(C)CC1.CC=O. The lowest BCUT2D eigenvalue weighted by molar-refractivity contribution is -0.106. The summed E-state index contributed by atoms with van der Waals surface area (Å²) < 4.78 is 0. The maximum Gasteiger partial charge on any atom is 0.116 e. The van der Waals surface area contributed by atoms with Crippen LogP contribution in [0.4, 0.5) is 0 Å². The molecule has 0 aromatic rings. The van der Waals surface area contributed by atoms with Crippen LogP contribution in [-0.2, 0) is 4.79 Å². The van der Waals surface area contributed by atoms with Crippen molar-refractivity contribution in [1.82, 2.24) is 9.80 Å². The van der Waals surface area contributed by atoms with Crippen molar-refractivity contribution in [2.24, 2.45) is 0 Å². The van der Waals surface area contributed by atoms with Crippen molar-refractivity contribution in [1.29, 1.82) is 0 Å². The standard InChI is InChI=1S/C8H18N2.C2H4O.C2H6/c1-8(2)10-6-4-9(3)5-7-10;1-2-3;1-2/h8H,4-7H2,1-3H3;2H,1H3;1-2H3. The van der Waals surface area contributed by atoms with Gasteiger partial charge in [-0.15, -0.1) is 0 Å². The number of hydrogen-bond donors (Lipinski definition) is 0. The van der Waals surface area contributed by atoms with Crippen LogP contribution >= 0.6 is 0 Å². The van der Waals surface area contributed by atoms with Crippen LogP contribution in [0.3, 0.4) is 0 Å². The average Bonchev–Trinajstić information content (AvgIpc) is 2.22. The summed E-state index contributed by atoms with van der Waals surface area (Å²) in [6.07, 6.45) is 0.750. The van der Waals surface area contributed by atoms with E-state index >= 15 is 0 Å². The van der Waals surface area contributed by atoms with Gasteiger partial charge in [-0.05, 0) is 27.8 Å². The van der Waals surface area contributed by atoms with Gasteiger partial charge >= 0.3 is 0 Å². The van der Waals surface area contributed by atoms with Crippen molar-refractivity contribution in [2.75, 3.05) is 33.2 Å². The maximum absolute atomic E-state index is 8.81. The molecule has 1 fully saturated rings. The largest absolute Gasteiger partial charge is 0.304 e. The van der Waals surface area contributed by atoms with Gasteiger partial charge in [0.05, 0.1) is 0 Å². The molecule has 0 unspecified atom stereocenters. The van der Waals surface area contributed by atoms with Crippen molar-refractivity contribution in [3.63, 3.8) is 0 Å². The first-order valence-electron chi connectivity index (χ1n) is 5.94. The topological polar surface area (TPSA) is 23.6 Å². The van der Waals surface area contributed by atoms with Crippen molar-refractivity contribution < 1.29 is 4.79 Å². The Morgan fingerprint density at radius 1 is 1.07 bits per heavy atom. The smallest absolute Gasteiger partial charge is 0.116 e. The van der Waals surface area contributed by atoms with Gasteiger partial charge in [0.25, 0.3) is 0 Å².